The summed E-state index contributed by atoms with van der Waals surface area (Å²) >= 11 is 0. The predicted molar refractivity (Wildman–Crippen MR) is 94.2 cm³/mol. The molecule has 2 aromatic rings. The Bertz CT molecular complexity index is 745. The molecule has 3 heterocycles. The zero-order valence-electron chi connectivity index (χ0n) is 14.8. The second-order valence-electron chi connectivity index (χ2n) is 7.00. The Hall–Kier alpha value is -2.25. The van der Waals surface area contributed by atoms with Crippen molar-refractivity contribution in [3.8, 4) is 0 Å². The molecule has 8 nitrogen and oxygen atoms in total. The van der Waals surface area contributed by atoms with E-state index in [9.17, 15) is 4.79 Å². The Morgan fingerprint density at radius 3 is 2.64 bits per heavy atom. The first-order valence-corrected chi connectivity index (χ1v) is 9.33. The van der Waals surface area contributed by atoms with Crippen LogP contribution in [0.4, 0.5) is 5.82 Å². The summed E-state index contributed by atoms with van der Waals surface area (Å²) in [6.07, 6.45) is 7.31. The van der Waals surface area contributed by atoms with E-state index in [0.29, 0.717) is 11.8 Å². The van der Waals surface area contributed by atoms with E-state index >= 15 is 0 Å². The van der Waals surface area contributed by atoms with Crippen molar-refractivity contribution in [2.24, 2.45) is 5.92 Å². The average molecular weight is 343 g/mol. The zero-order chi connectivity index (χ0) is 17.2. The van der Waals surface area contributed by atoms with E-state index < -0.39 is 0 Å². The van der Waals surface area contributed by atoms with E-state index in [-0.39, 0.29) is 0 Å². The van der Waals surface area contributed by atoms with Gasteiger partial charge in [0, 0.05) is 39.1 Å². The predicted octanol–water partition coefficient (Wildman–Crippen LogP) is 1.47. The monoisotopic (exact) mass is 343 g/mol. The highest BCUT2D eigenvalue weighted by molar-refractivity contribution is 5.83. The first kappa shape index (κ1) is 16.2. The maximum Gasteiger partial charge on any atom is 0.222 e. The highest BCUT2D eigenvalue weighted by Crippen LogP contribution is 2.28. The van der Waals surface area contributed by atoms with E-state index in [1.54, 1.807) is 11.0 Å². The number of carbonyl (C=O) groups excluding carboxylic acids is 1. The van der Waals surface area contributed by atoms with Gasteiger partial charge in [0.1, 0.15) is 6.33 Å². The van der Waals surface area contributed by atoms with Crippen LogP contribution in [0.1, 0.15) is 39.0 Å². The molecule has 4 rings (SSSR count). The average Bonchev–Trinajstić information content (AvgIpc) is 3.30. The lowest BCUT2D eigenvalue weighted by Crippen LogP contribution is -2.49. The number of hydrogen-bond acceptors (Lipinski definition) is 6. The molecule has 25 heavy (non-hydrogen) atoms. The number of fused-ring (bicyclic) bond motifs is 1. The molecule has 8 heteroatoms. The van der Waals surface area contributed by atoms with Crippen LogP contribution in [0.3, 0.4) is 0 Å². The topological polar surface area (TPSA) is 80.0 Å². The number of aromatic nitrogens is 5. The van der Waals surface area contributed by atoms with Gasteiger partial charge in [-0.05, 0) is 25.7 Å². The van der Waals surface area contributed by atoms with Gasteiger partial charge in [-0.3, -0.25) is 4.79 Å². The third-order valence-corrected chi connectivity index (χ3v) is 5.45. The number of amides is 1. The molecule has 0 N–H and O–H groups in total. The number of anilines is 1. The molecule has 134 valence electrons. The van der Waals surface area contributed by atoms with Gasteiger partial charge < -0.3 is 9.80 Å². The minimum Gasteiger partial charge on any atom is -0.351 e. The Morgan fingerprint density at radius 2 is 1.92 bits per heavy atom. The summed E-state index contributed by atoms with van der Waals surface area (Å²) in [4.78, 5) is 25.4. The molecule has 0 spiro atoms. The largest absolute Gasteiger partial charge is 0.351 e. The summed E-state index contributed by atoms with van der Waals surface area (Å²) < 4.78 is 1.78. The maximum absolute atomic E-state index is 12.5. The van der Waals surface area contributed by atoms with Crippen molar-refractivity contribution in [2.45, 2.75) is 45.6 Å². The number of rotatable bonds is 4. The molecule has 1 aliphatic carbocycles. The minimum absolute atomic E-state index is 0.316. The lowest BCUT2D eigenvalue weighted by Gasteiger charge is -2.35. The number of nitrogens with zero attached hydrogens (tertiary/aromatic N) is 7. The van der Waals surface area contributed by atoms with Crippen LogP contribution in [-0.2, 0) is 11.3 Å². The smallest absolute Gasteiger partial charge is 0.222 e. The van der Waals surface area contributed by atoms with Gasteiger partial charge in [0.2, 0.25) is 5.91 Å². The fourth-order valence-corrected chi connectivity index (χ4v) is 3.98. The van der Waals surface area contributed by atoms with Crippen molar-refractivity contribution in [1.29, 1.82) is 0 Å². The van der Waals surface area contributed by atoms with E-state index in [1.807, 2.05) is 11.8 Å². The summed E-state index contributed by atoms with van der Waals surface area (Å²) in [5, 5.41) is 8.40. The van der Waals surface area contributed by atoms with Gasteiger partial charge in [-0.2, -0.15) is 0 Å². The van der Waals surface area contributed by atoms with Crippen LogP contribution in [-0.4, -0.2) is 61.9 Å². The lowest BCUT2D eigenvalue weighted by atomic mass is 10.0. The van der Waals surface area contributed by atoms with Gasteiger partial charge in [-0.25, -0.2) is 14.6 Å². The second-order valence-corrected chi connectivity index (χ2v) is 7.00. The van der Waals surface area contributed by atoms with E-state index in [0.717, 1.165) is 56.1 Å². The molecule has 1 aliphatic heterocycles. The molecule has 0 unspecified atom stereocenters. The summed E-state index contributed by atoms with van der Waals surface area (Å²) in [6, 6.07) is 0. The van der Waals surface area contributed by atoms with Crippen LogP contribution < -0.4 is 4.90 Å². The van der Waals surface area contributed by atoms with Crippen molar-refractivity contribution in [3.05, 3.63) is 6.33 Å². The van der Waals surface area contributed by atoms with Gasteiger partial charge in [0.15, 0.2) is 17.0 Å². The molecule has 1 saturated heterocycles. The Labute approximate surface area is 147 Å². The second kappa shape index (κ2) is 6.93. The van der Waals surface area contributed by atoms with Crippen molar-refractivity contribution in [1.82, 2.24) is 29.9 Å². The minimum atomic E-state index is 0.316. The third-order valence-electron chi connectivity index (χ3n) is 5.45. The molecule has 2 aliphatic rings. The van der Waals surface area contributed by atoms with E-state index in [1.165, 1.54) is 25.7 Å². The normalized spacial score (nSPS) is 19.1. The van der Waals surface area contributed by atoms with Gasteiger partial charge in [0.05, 0.1) is 0 Å². The Kier molecular flexibility index (Phi) is 4.50. The molecule has 0 atom stereocenters. The SMILES string of the molecule is CCn1nnc2c(N3CCN(C(=O)CC4CCCC4)CC3)ncnc21. The molecular weight excluding hydrogens is 318 g/mol. The fraction of sp³-hybridized carbons (Fsp3) is 0.706. The van der Waals surface area contributed by atoms with Crippen LogP contribution in [0.15, 0.2) is 6.33 Å². The molecule has 0 bridgehead atoms. The van der Waals surface area contributed by atoms with E-state index in [2.05, 4.69) is 25.2 Å². The molecule has 1 amide bonds. The van der Waals surface area contributed by atoms with Gasteiger partial charge in [-0.1, -0.05) is 18.1 Å². The standard InChI is InChI=1S/C17H25N7O/c1-2-24-17-15(20-21-24)16(18-12-19-17)23-9-7-22(8-10-23)14(25)11-13-5-3-4-6-13/h12-13H,2-11H2,1H3. The zero-order valence-corrected chi connectivity index (χ0v) is 14.8. The van der Waals surface area contributed by atoms with Gasteiger partial charge in [-0.15, -0.1) is 5.10 Å². The van der Waals surface area contributed by atoms with Crippen molar-refractivity contribution < 1.29 is 4.79 Å². The van der Waals surface area contributed by atoms with Crippen molar-refractivity contribution in [3.63, 3.8) is 0 Å². The highest BCUT2D eigenvalue weighted by Gasteiger charge is 2.26. The molecule has 2 fully saturated rings. The van der Waals surface area contributed by atoms with Crippen LogP contribution >= 0.6 is 0 Å². The molecule has 0 radical (unpaired) electrons. The van der Waals surface area contributed by atoms with Crippen molar-refractivity contribution in [2.75, 3.05) is 31.1 Å². The fourth-order valence-electron chi connectivity index (χ4n) is 3.98. The summed E-state index contributed by atoms with van der Waals surface area (Å²) in [7, 11) is 0. The van der Waals surface area contributed by atoms with E-state index in [4.69, 9.17) is 0 Å². The molecule has 1 saturated carbocycles. The number of piperazine rings is 1. The summed E-state index contributed by atoms with van der Waals surface area (Å²) in [5.41, 5.74) is 1.52. The number of aryl methyl sites for hydroxylation is 1. The Morgan fingerprint density at radius 1 is 1.16 bits per heavy atom. The van der Waals surface area contributed by atoms with Crippen LogP contribution in [0.25, 0.3) is 11.2 Å². The number of carbonyl (C=O) groups is 1. The molecule has 2 aromatic heterocycles. The van der Waals surface area contributed by atoms with Gasteiger partial charge >= 0.3 is 0 Å². The van der Waals surface area contributed by atoms with Crippen molar-refractivity contribution >= 4 is 22.9 Å². The number of hydrogen-bond donors (Lipinski definition) is 0. The van der Waals surface area contributed by atoms with Crippen LogP contribution in [0, 0.1) is 5.92 Å². The summed E-state index contributed by atoms with van der Waals surface area (Å²) in [6.45, 7) is 5.81. The first-order chi connectivity index (χ1) is 12.3. The Balaban J connectivity index is 1.42. The molecule has 0 aromatic carbocycles. The quantitative estimate of drug-likeness (QED) is 0.836. The van der Waals surface area contributed by atoms with Crippen LogP contribution in [0.5, 0.6) is 0 Å². The molecular formula is C17H25N7O. The first-order valence-electron chi connectivity index (χ1n) is 9.33. The lowest BCUT2D eigenvalue weighted by molar-refractivity contribution is -0.132. The van der Waals surface area contributed by atoms with Crippen LogP contribution in [0.2, 0.25) is 0 Å². The highest BCUT2D eigenvalue weighted by atomic mass is 16.2. The maximum atomic E-state index is 12.5. The summed E-state index contributed by atoms with van der Waals surface area (Å²) in [5.74, 6) is 1.75. The van der Waals surface area contributed by atoms with Gasteiger partial charge in [0.25, 0.3) is 0 Å². The third kappa shape index (κ3) is 3.17.